The summed E-state index contributed by atoms with van der Waals surface area (Å²) in [5.41, 5.74) is 12.9. The molecule has 3 nitrogen and oxygen atoms in total. The van der Waals surface area contributed by atoms with E-state index < -0.39 is 0 Å². The van der Waals surface area contributed by atoms with Crippen LogP contribution in [-0.4, -0.2) is 9.13 Å². The van der Waals surface area contributed by atoms with Crippen LogP contribution in [0.4, 0.5) is 17.1 Å². The van der Waals surface area contributed by atoms with Crippen LogP contribution in [0.25, 0.3) is 106 Å². The standard InChI is InChI=1S/C60H37N3S2/c1-3-14-39(15-4-1)62-52-23-10-7-18-45(52)50-36-42(30-33-53(50)62)61(41-28-26-38(27-29-41)44-21-13-22-48-46-19-8-11-24-56(46)64-59(44)48)43-31-34-54-51(37-43)58-55(63(54)40-16-5-2-6-17-40)35-32-49-47-20-9-12-25-57(47)65-60(49)58/h1-37H. The van der Waals surface area contributed by atoms with Gasteiger partial charge in [-0.15, -0.1) is 22.7 Å². The van der Waals surface area contributed by atoms with Crippen molar-refractivity contribution < 1.29 is 0 Å². The van der Waals surface area contributed by atoms with Crippen LogP contribution in [0, 0.1) is 0 Å². The number of fused-ring (bicyclic) bond motifs is 13. The topological polar surface area (TPSA) is 13.1 Å². The molecule has 0 unspecified atom stereocenters. The number of thiophene rings is 2. The summed E-state index contributed by atoms with van der Waals surface area (Å²) in [5, 5.41) is 10.2. The van der Waals surface area contributed by atoms with E-state index in [-0.39, 0.29) is 0 Å². The average Bonchev–Trinajstić information content (AvgIpc) is 4.12. The van der Waals surface area contributed by atoms with Gasteiger partial charge < -0.3 is 14.0 Å². The van der Waals surface area contributed by atoms with Gasteiger partial charge in [-0.1, -0.05) is 127 Å². The van der Waals surface area contributed by atoms with Crippen LogP contribution in [0.2, 0.25) is 0 Å². The van der Waals surface area contributed by atoms with Crippen LogP contribution in [0.15, 0.2) is 224 Å². The summed E-state index contributed by atoms with van der Waals surface area (Å²) in [7, 11) is 0. The molecule has 0 saturated heterocycles. The fraction of sp³-hybridized carbons (Fsp3) is 0. The Morgan fingerprint density at radius 2 is 0.800 bits per heavy atom. The number of para-hydroxylation sites is 3. The van der Waals surface area contributed by atoms with Crippen molar-refractivity contribution in [2.24, 2.45) is 0 Å². The number of nitrogens with zero attached hydrogens (tertiary/aromatic N) is 3. The van der Waals surface area contributed by atoms with Crippen molar-refractivity contribution in [3.8, 4) is 22.5 Å². The summed E-state index contributed by atoms with van der Waals surface area (Å²) < 4.78 is 10.1. The SMILES string of the molecule is c1ccc(-n2c3ccccc3c3cc(N(c4ccc(-c5cccc6c5sc5ccccc56)cc4)c4ccc5c(c4)c4c6sc7ccccc7c6ccc4n5-c4ccccc4)ccc32)cc1. The molecule has 10 aromatic carbocycles. The molecular formula is C60H37N3S2. The third-order valence-corrected chi connectivity index (χ3v) is 15.7. The van der Waals surface area contributed by atoms with Gasteiger partial charge in [-0.25, -0.2) is 0 Å². The Morgan fingerprint density at radius 1 is 0.308 bits per heavy atom. The minimum atomic E-state index is 1.10. The Labute approximate surface area is 382 Å². The van der Waals surface area contributed by atoms with Gasteiger partial charge in [-0.2, -0.15) is 0 Å². The fourth-order valence-corrected chi connectivity index (χ4v) is 12.9. The molecule has 0 aliphatic carbocycles. The van der Waals surface area contributed by atoms with E-state index in [0.717, 1.165) is 28.4 Å². The molecule has 65 heavy (non-hydrogen) atoms. The van der Waals surface area contributed by atoms with Crippen LogP contribution < -0.4 is 4.90 Å². The summed E-state index contributed by atoms with van der Waals surface area (Å²) >= 11 is 3.78. The number of aromatic nitrogens is 2. The maximum absolute atomic E-state index is 2.45. The Kier molecular flexibility index (Phi) is 8.02. The van der Waals surface area contributed by atoms with Gasteiger partial charge >= 0.3 is 0 Å². The van der Waals surface area contributed by atoms with E-state index >= 15 is 0 Å². The van der Waals surface area contributed by atoms with E-state index in [9.17, 15) is 0 Å². The van der Waals surface area contributed by atoms with Crippen LogP contribution in [0.5, 0.6) is 0 Å². The highest BCUT2D eigenvalue weighted by Gasteiger charge is 2.22. The van der Waals surface area contributed by atoms with Gasteiger partial charge in [-0.3, -0.25) is 0 Å². The second kappa shape index (κ2) is 14.3. The second-order valence-corrected chi connectivity index (χ2v) is 19.0. The highest BCUT2D eigenvalue weighted by atomic mass is 32.1. The van der Waals surface area contributed by atoms with Gasteiger partial charge in [0.2, 0.25) is 0 Å². The Hall–Kier alpha value is -7.96. The quantitative estimate of drug-likeness (QED) is 0.162. The number of rotatable bonds is 6. The predicted molar refractivity (Wildman–Crippen MR) is 281 cm³/mol. The molecule has 4 heterocycles. The van der Waals surface area contributed by atoms with Gasteiger partial charge in [0.1, 0.15) is 0 Å². The van der Waals surface area contributed by atoms with Crippen LogP contribution in [0.1, 0.15) is 0 Å². The maximum atomic E-state index is 2.45. The zero-order valence-electron chi connectivity index (χ0n) is 35.0. The lowest BCUT2D eigenvalue weighted by Crippen LogP contribution is -2.10. The predicted octanol–water partition coefficient (Wildman–Crippen LogP) is 17.8. The molecule has 0 atom stereocenters. The molecule has 0 aliphatic heterocycles. The first-order chi connectivity index (χ1) is 32.2. The highest BCUT2D eigenvalue weighted by Crippen LogP contribution is 2.47. The molecule has 5 heteroatoms. The van der Waals surface area contributed by atoms with Crippen LogP contribution in [0.3, 0.4) is 0 Å². The lowest BCUT2D eigenvalue weighted by atomic mass is 10.0. The molecule has 304 valence electrons. The smallest absolute Gasteiger partial charge is 0.0555 e. The van der Waals surface area contributed by atoms with Crippen molar-refractivity contribution in [1.82, 2.24) is 9.13 Å². The third-order valence-electron chi connectivity index (χ3n) is 13.3. The largest absolute Gasteiger partial charge is 0.310 e. The van der Waals surface area contributed by atoms with Crippen molar-refractivity contribution >= 4 is 124 Å². The minimum Gasteiger partial charge on any atom is -0.310 e. The molecule has 14 aromatic rings. The van der Waals surface area contributed by atoms with Gasteiger partial charge in [0.15, 0.2) is 0 Å². The molecule has 0 fully saturated rings. The van der Waals surface area contributed by atoms with Crippen LogP contribution >= 0.6 is 22.7 Å². The van der Waals surface area contributed by atoms with Crippen molar-refractivity contribution in [3.05, 3.63) is 224 Å². The van der Waals surface area contributed by atoms with Gasteiger partial charge in [0.25, 0.3) is 0 Å². The molecule has 4 aromatic heterocycles. The zero-order chi connectivity index (χ0) is 42.6. The zero-order valence-corrected chi connectivity index (χ0v) is 36.7. The number of anilines is 3. The molecule has 14 rings (SSSR count). The monoisotopic (exact) mass is 863 g/mol. The molecule has 0 aliphatic rings. The first kappa shape index (κ1) is 36.5. The second-order valence-electron chi connectivity index (χ2n) is 16.9. The number of hydrogen-bond acceptors (Lipinski definition) is 3. The lowest BCUT2D eigenvalue weighted by molar-refractivity contribution is 1.18. The normalized spacial score (nSPS) is 12.0. The van der Waals surface area contributed by atoms with Crippen molar-refractivity contribution in [2.45, 2.75) is 0 Å². The van der Waals surface area contributed by atoms with E-state index in [2.05, 4.69) is 238 Å². The Balaban J connectivity index is 1.02. The average molecular weight is 864 g/mol. The molecule has 0 N–H and O–H groups in total. The summed E-state index contributed by atoms with van der Waals surface area (Å²) in [4.78, 5) is 2.45. The minimum absolute atomic E-state index is 1.10. The maximum Gasteiger partial charge on any atom is 0.0555 e. The van der Waals surface area contributed by atoms with E-state index in [1.54, 1.807) is 0 Å². The molecule has 0 bridgehead atoms. The van der Waals surface area contributed by atoms with Crippen molar-refractivity contribution in [2.75, 3.05) is 4.90 Å². The van der Waals surface area contributed by atoms with Crippen LogP contribution in [-0.2, 0) is 0 Å². The van der Waals surface area contributed by atoms with E-state index in [1.807, 2.05) is 22.7 Å². The summed E-state index contributed by atoms with van der Waals surface area (Å²) in [6.45, 7) is 0. The first-order valence-corrected chi connectivity index (χ1v) is 23.7. The summed E-state index contributed by atoms with van der Waals surface area (Å²) in [6.07, 6.45) is 0. The molecule has 0 amide bonds. The third kappa shape index (κ3) is 5.53. The summed E-state index contributed by atoms with van der Waals surface area (Å²) in [5.74, 6) is 0. The van der Waals surface area contributed by atoms with Crippen molar-refractivity contribution in [3.63, 3.8) is 0 Å². The number of benzene rings is 10. The highest BCUT2D eigenvalue weighted by molar-refractivity contribution is 7.27. The first-order valence-electron chi connectivity index (χ1n) is 22.1. The molecule has 0 radical (unpaired) electrons. The molecular weight excluding hydrogens is 827 g/mol. The van der Waals surface area contributed by atoms with Gasteiger partial charge in [0.05, 0.1) is 22.1 Å². The van der Waals surface area contributed by atoms with E-state index in [0.29, 0.717) is 0 Å². The lowest BCUT2D eigenvalue weighted by Gasteiger charge is -2.26. The summed E-state index contributed by atoms with van der Waals surface area (Å²) in [6, 6.07) is 82.6. The molecule has 0 spiro atoms. The van der Waals surface area contributed by atoms with E-state index in [1.165, 1.54) is 95.1 Å². The molecule has 0 saturated carbocycles. The van der Waals surface area contributed by atoms with Gasteiger partial charge in [0, 0.05) is 90.3 Å². The van der Waals surface area contributed by atoms with Crippen molar-refractivity contribution in [1.29, 1.82) is 0 Å². The van der Waals surface area contributed by atoms with Gasteiger partial charge in [-0.05, 0) is 108 Å². The Morgan fingerprint density at radius 3 is 1.49 bits per heavy atom. The van der Waals surface area contributed by atoms with E-state index in [4.69, 9.17) is 0 Å². The fourth-order valence-electron chi connectivity index (χ4n) is 10.4. The number of hydrogen-bond donors (Lipinski definition) is 0. The Bertz CT molecular complexity index is 4170.